The zero-order chi connectivity index (χ0) is 23.4. The predicted octanol–water partition coefficient (Wildman–Crippen LogP) is 3.62. The number of nitrogens with one attached hydrogen (secondary N) is 2. The van der Waals surface area contributed by atoms with Crippen molar-refractivity contribution in [1.29, 1.82) is 0 Å². The average Bonchev–Trinajstić information content (AvgIpc) is 3.00. The minimum atomic E-state index is -1.27. The molecule has 2 aliphatic heterocycles. The minimum Gasteiger partial charge on any atom is -0.347 e. The van der Waals surface area contributed by atoms with Gasteiger partial charge in [-0.25, -0.2) is 22.8 Å². The first kappa shape index (κ1) is 22.9. The quantitative estimate of drug-likeness (QED) is 0.711. The number of anilines is 2. The number of benzene rings is 2. The fourth-order valence-corrected chi connectivity index (χ4v) is 3.75. The molecule has 2 aromatic rings. The molecule has 11 heteroatoms. The number of ether oxygens (including phenoxy) is 2. The van der Waals surface area contributed by atoms with Gasteiger partial charge < -0.3 is 29.9 Å². The fraction of sp³-hybridized carbons (Fsp3) is 0.364. The van der Waals surface area contributed by atoms with Crippen molar-refractivity contribution in [2.75, 3.05) is 50.0 Å². The van der Waals surface area contributed by atoms with Crippen molar-refractivity contribution in [3.8, 4) is 0 Å². The number of hydrogen-bond acceptors (Lipinski definition) is 4. The van der Waals surface area contributed by atoms with Gasteiger partial charge in [-0.15, -0.1) is 0 Å². The molecule has 1 unspecified atom stereocenters. The molecule has 2 aliphatic rings. The number of carbonyl (C=O) groups is 2. The highest BCUT2D eigenvalue weighted by Crippen LogP contribution is 2.26. The van der Waals surface area contributed by atoms with E-state index in [1.807, 2.05) is 0 Å². The van der Waals surface area contributed by atoms with E-state index in [0.29, 0.717) is 13.0 Å². The van der Waals surface area contributed by atoms with Crippen LogP contribution in [0.25, 0.3) is 0 Å². The predicted molar refractivity (Wildman–Crippen MR) is 113 cm³/mol. The van der Waals surface area contributed by atoms with E-state index in [1.165, 1.54) is 34.1 Å². The first-order chi connectivity index (χ1) is 15.8. The summed E-state index contributed by atoms with van der Waals surface area (Å²) < 4.78 is 52.3. The molecule has 2 heterocycles. The number of urea groups is 2. The second-order valence-corrected chi connectivity index (χ2v) is 7.77. The van der Waals surface area contributed by atoms with E-state index in [1.54, 1.807) is 6.07 Å². The number of halogens is 3. The van der Waals surface area contributed by atoms with Crippen LogP contribution in [0.5, 0.6) is 0 Å². The molecule has 1 atom stereocenters. The molecule has 33 heavy (non-hydrogen) atoms. The first-order valence-corrected chi connectivity index (χ1v) is 10.4. The van der Waals surface area contributed by atoms with Crippen molar-refractivity contribution in [1.82, 2.24) is 9.80 Å². The van der Waals surface area contributed by atoms with E-state index in [0.717, 1.165) is 12.1 Å². The number of nitrogens with zero attached hydrogens (tertiary/aromatic N) is 2. The molecule has 1 spiro atoms. The lowest BCUT2D eigenvalue weighted by molar-refractivity contribution is -0.258. The minimum absolute atomic E-state index is 0.00594. The SMILES string of the molecule is O=C(Nc1ccc(F)c(F)c1)N1CCCOC2(C1)CN(C(=O)Nc1ccccc1F)CCO2. The van der Waals surface area contributed by atoms with Gasteiger partial charge in [0.2, 0.25) is 5.79 Å². The molecule has 0 saturated carbocycles. The van der Waals surface area contributed by atoms with Gasteiger partial charge in [0.1, 0.15) is 5.82 Å². The Morgan fingerprint density at radius 3 is 2.27 bits per heavy atom. The Morgan fingerprint density at radius 1 is 0.818 bits per heavy atom. The molecule has 0 aliphatic carbocycles. The van der Waals surface area contributed by atoms with Gasteiger partial charge >= 0.3 is 12.1 Å². The lowest BCUT2D eigenvalue weighted by Crippen LogP contribution is -2.60. The Hall–Kier alpha value is -3.31. The van der Waals surface area contributed by atoms with Crippen molar-refractivity contribution in [3.05, 3.63) is 59.9 Å². The molecule has 4 amide bonds. The summed E-state index contributed by atoms with van der Waals surface area (Å²) in [4.78, 5) is 28.4. The number of para-hydroxylation sites is 1. The van der Waals surface area contributed by atoms with E-state index in [2.05, 4.69) is 10.6 Å². The van der Waals surface area contributed by atoms with E-state index in [4.69, 9.17) is 9.47 Å². The third-order valence-corrected chi connectivity index (χ3v) is 5.39. The molecule has 2 N–H and O–H groups in total. The lowest BCUT2D eigenvalue weighted by Gasteiger charge is -2.42. The molecule has 2 saturated heterocycles. The second-order valence-electron chi connectivity index (χ2n) is 7.77. The van der Waals surface area contributed by atoms with Crippen LogP contribution in [-0.2, 0) is 9.47 Å². The number of hydrogen-bond donors (Lipinski definition) is 2. The summed E-state index contributed by atoms with van der Waals surface area (Å²) in [6, 6.07) is 7.84. The zero-order valence-electron chi connectivity index (χ0n) is 17.7. The van der Waals surface area contributed by atoms with Gasteiger partial charge in [0.15, 0.2) is 11.6 Å². The molecular formula is C22H23F3N4O4. The molecule has 0 aromatic heterocycles. The zero-order valence-corrected chi connectivity index (χ0v) is 17.7. The van der Waals surface area contributed by atoms with E-state index in [-0.39, 0.29) is 44.2 Å². The summed E-state index contributed by atoms with van der Waals surface area (Å²) in [7, 11) is 0. The smallest absolute Gasteiger partial charge is 0.322 e. The van der Waals surface area contributed by atoms with Crippen LogP contribution in [0.15, 0.2) is 42.5 Å². The lowest BCUT2D eigenvalue weighted by atomic mass is 10.2. The largest absolute Gasteiger partial charge is 0.347 e. The van der Waals surface area contributed by atoms with Crippen LogP contribution >= 0.6 is 0 Å². The Balaban J connectivity index is 1.43. The normalized spacial score (nSPS) is 20.9. The van der Waals surface area contributed by atoms with E-state index >= 15 is 0 Å². The van der Waals surface area contributed by atoms with Gasteiger partial charge in [0.05, 0.1) is 32.0 Å². The number of rotatable bonds is 2. The van der Waals surface area contributed by atoms with Crippen LogP contribution in [0.1, 0.15) is 6.42 Å². The van der Waals surface area contributed by atoms with E-state index < -0.39 is 35.3 Å². The second kappa shape index (κ2) is 9.67. The Bertz CT molecular complexity index is 1040. The molecule has 4 rings (SSSR count). The maximum Gasteiger partial charge on any atom is 0.322 e. The molecule has 176 valence electrons. The molecule has 0 radical (unpaired) electrons. The highest BCUT2D eigenvalue weighted by atomic mass is 19.2. The average molecular weight is 464 g/mol. The Kier molecular flexibility index (Phi) is 6.70. The summed E-state index contributed by atoms with van der Waals surface area (Å²) in [6.45, 7) is 1.06. The standard InChI is InChI=1S/C22H23F3N4O4/c23-16-7-6-15(12-18(16)25)26-20(30)28-8-3-10-32-22(13-28)14-29(9-11-33-22)21(31)27-19-5-2-1-4-17(19)24/h1-2,4-7,12H,3,8-11,13-14H2,(H,26,30)(H,27,31). The molecule has 8 nitrogen and oxygen atoms in total. The van der Waals surface area contributed by atoms with Crippen molar-refractivity contribution in [2.45, 2.75) is 12.2 Å². The van der Waals surface area contributed by atoms with Gasteiger partial charge in [-0.2, -0.15) is 0 Å². The van der Waals surface area contributed by atoms with Crippen LogP contribution < -0.4 is 10.6 Å². The van der Waals surface area contributed by atoms with Crippen molar-refractivity contribution < 1.29 is 32.2 Å². The molecule has 2 fully saturated rings. The number of carbonyl (C=O) groups excluding carboxylic acids is 2. The maximum absolute atomic E-state index is 13.9. The van der Waals surface area contributed by atoms with Gasteiger partial charge in [-0.05, 0) is 30.7 Å². The molecular weight excluding hydrogens is 441 g/mol. The summed E-state index contributed by atoms with van der Waals surface area (Å²) in [5.41, 5.74) is 0.158. The third-order valence-electron chi connectivity index (χ3n) is 5.39. The van der Waals surface area contributed by atoms with Crippen LogP contribution in [0, 0.1) is 17.5 Å². The Labute approximate surface area is 188 Å². The summed E-state index contributed by atoms with van der Waals surface area (Å²) in [6.07, 6.45) is 0.512. The van der Waals surface area contributed by atoms with Crippen LogP contribution in [0.4, 0.5) is 34.1 Å². The molecule has 2 aromatic carbocycles. The van der Waals surface area contributed by atoms with Crippen molar-refractivity contribution in [3.63, 3.8) is 0 Å². The van der Waals surface area contributed by atoms with Gasteiger partial charge in [0.25, 0.3) is 0 Å². The monoisotopic (exact) mass is 464 g/mol. The van der Waals surface area contributed by atoms with Crippen molar-refractivity contribution in [2.24, 2.45) is 0 Å². The number of morpholine rings is 1. The van der Waals surface area contributed by atoms with Crippen molar-refractivity contribution >= 4 is 23.4 Å². The first-order valence-electron chi connectivity index (χ1n) is 10.4. The van der Waals surface area contributed by atoms with Crippen LogP contribution in [-0.4, -0.2) is 67.0 Å². The van der Waals surface area contributed by atoms with E-state index in [9.17, 15) is 22.8 Å². The summed E-state index contributed by atoms with van der Waals surface area (Å²) >= 11 is 0. The third kappa shape index (κ3) is 5.37. The van der Waals surface area contributed by atoms with Crippen LogP contribution in [0.2, 0.25) is 0 Å². The highest BCUT2D eigenvalue weighted by Gasteiger charge is 2.43. The van der Waals surface area contributed by atoms with Gasteiger partial charge in [0, 0.05) is 24.8 Å². The summed E-state index contributed by atoms with van der Waals surface area (Å²) in [5, 5.41) is 5.07. The van der Waals surface area contributed by atoms with Gasteiger partial charge in [-0.3, -0.25) is 0 Å². The fourth-order valence-electron chi connectivity index (χ4n) is 3.75. The highest BCUT2D eigenvalue weighted by molar-refractivity contribution is 5.90. The maximum atomic E-state index is 13.9. The Morgan fingerprint density at radius 2 is 1.52 bits per heavy atom. The topological polar surface area (TPSA) is 83.1 Å². The number of amides is 4. The summed E-state index contributed by atoms with van der Waals surface area (Å²) in [5.74, 6) is -3.91. The van der Waals surface area contributed by atoms with Gasteiger partial charge in [-0.1, -0.05) is 12.1 Å². The van der Waals surface area contributed by atoms with Crippen LogP contribution in [0.3, 0.4) is 0 Å². The molecule has 0 bridgehead atoms.